The molecule has 2 aromatic rings. The molecular formula is C24H28N2O4. The lowest BCUT2D eigenvalue weighted by Crippen LogP contribution is -2.41. The Labute approximate surface area is 177 Å². The van der Waals surface area contributed by atoms with Gasteiger partial charge in [0.2, 0.25) is 5.91 Å². The largest absolute Gasteiger partial charge is 0.493 e. The molecule has 1 N–H and O–H groups in total. The third-order valence-corrected chi connectivity index (χ3v) is 5.34. The van der Waals surface area contributed by atoms with Gasteiger partial charge in [-0.25, -0.2) is 0 Å². The van der Waals surface area contributed by atoms with Gasteiger partial charge in [0.25, 0.3) is 5.91 Å². The molecule has 0 radical (unpaired) electrons. The maximum atomic E-state index is 12.5. The summed E-state index contributed by atoms with van der Waals surface area (Å²) in [5, 5.41) is 3.00. The number of amides is 2. The van der Waals surface area contributed by atoms with Gasteiger partial charge in [-0.2, -0.15) is 0 Å². The van der Waals surface area contributed by atoms with Gasteiger partial charge in [0.05, 0.1) is 14.2 Å². The zero-order chi connectivity index (χ0) is 21.3. The molecule has 0 bridgehead atoms. The van der Waals surface area contributed by atoms with Crippen molar-refractivity contribution < 1.29 is 19.1 Å². The highest BCUT2D eigenvalue weighted by Crippen LogP contribution is 2.27. The van der Waals surface area contributed by atoms with Gasteiger partial charge >= 0.3 is 0 Å². The van der Waals surface area contributed by atoms with E-state index in [1.165, 1.54) is 0 Å². The second-order valence-electron chi connectivity index (χ2n) is 7.29. The minimum absolute atomic E-state index is 0.0340. The SMILES string of the molecule is COc1ccc(C(=O)NCC2CCN(C(=O)/C=C/c3ccccc3)CC2)cc1OC. The molecule has 0 atom stereocenters. The molecule has 0 saturated carbocycles. The zero-order valence-electron chi connectivity index (χ0n) is 17.5. The van der Waals surface area contributed by atoms with Crippen molar-refractivity contribution >= 4 is 17.9 Å². The van der Waals surface area contributed by atoms with Gasteiger partial charge in [-0.15, -0.1) is 0 Å². The van der Waals surface area contributed by atoms with Gasteiger partial charge in [-0.1, -0.05) is 30.3 Å². The van der Waals surface area contributed by atoms with Gasteiger partial charge in [0, 0.05) is 31.3 Å². The van der Waals surface area contributed by atoms with Crippen molar-refractivity contribution in [3.63, 3.8) is 0 Å². The fraction of sp³-hybridized carbons (Fsp3) is 0.333. The highest BCUT2D eigenvalue weighted by Gasteiger charge is 2.22. The molecule has 158 valence electrons. The Morgan fingerprint density at radius 3 is 2.40 bits per heavy atom. The first-order chi connectivity index (χ1) is 14.6. The summed E-state index contributed by atoms with van der Waals surface area (Å²) in [5.41, 5.74) is 1.55. The van der Waals surface area contributed by atoms with Crippen LogP contribution in [0.5, 0.6) is 11.5 Å². The van der Waals surface area contributed by atoms with Crippen molar-refractivity contribution in [3.05, 3.63) is 65.7 Å². The van der Waals surface area contributed by atoms with E-state index in [4.69, 9.17) is 9.47 Å². The summed E-state index contributed by atoms with van der Waals surface area (Å²) in [5.74, 6) is 1.37. The zero-order valence-corrected chi connectivity index (χ0v) is 17.5. The van der Waals surface area contributed by atoms with E-state index in [1.54, 1.807) is 38.5 Å². The summed E-state index contributed by atoms with van der Waals surface area (Å²) in [6.07, 6.45) is 5.22. The van der Waals surface area contributed by atoms with Crippen LogP contribution in [-0.4, -0.2) is 50.6 Å². The van der Waals surface area contributed by atoms with Gasteiger partial charge in [0.1, 0.15) is 0 Å². The van der Waals surface area contributed by atoms with Crippen LogP contribution < -0.4 is 14.8 Å². The predicted molar refractivity (Wildman–Crippen MR) is 117 cm³/mol. The van der Waals surface area contributed by atoms with Crippen LogP contribution in [0.3, 0.4) is 0 Å². The monoisotopic (exact) mass is 408 g/mol. The first-order valence-electron chi connectivity index (χ1n) is 10.1. The summed E-state index contributed by atoms with van der Waals surface area (Å²) in [6, 6.07) is 14.9. The van der Waals surface area contributed by atoms with Crippen LogP contribution in [0, 0.1) is 5.92 Å². The lowest BCUT2D eigenvalue weighted by atomic mass is 9.96. The average molecular weight is 408 g/mol. The van der Waals surface area contributed by atoms with Gasteiger partial charge in [-0.05, 0) is 48.6 Å². The van der Waals surface area contributed by atoms with E-state index in [-0.39, 0.29) is 11.8 Å². The molecule has 0 unspecified atom stereocenters. The second-order valence-corrected chi connectivity index (χ2v) is 7.29. The Morgan fingerprint density at radius 2 is 1.73 bits per heavy atom. The normalized spacial score (nSPS) is 14.5. The Kier molecular flexibility index (Phi) is 7.49. The van der Waals surface area contributed by atoms with Crippen LogP contribution in [0.25, 0.3) is 6.08 Å². The van der Waals surface area contributed by atoms with E-state index in [0.29, 0.717) is 42.6 Å². The third-order valence-electron chi connectivity index (χ3n) is 5.34. The molecule has 1 heterocycles. The molecule has 0 aliphatic carbocycles. The van der Waals surface area contributed by atoms with Crippen molar-refractivity contribution in [2.75, 3.05) is 33.9 Å². The summed E-state index contributed by atoms with van der Waals surface area (Å²) in [4.78, 5) is 26.7. The van der Waals surface area contributed by atoms with E-state index >= 15 is 0 Å². The first kappa shape index (κ1) is 21.4. The summed E-state index contributed by atoms with van der Waals surface area (Å²) in [6.45, 7) is 2.00. The number of methoxy groups -OCH3 is 2. The minimum Gasteiger partial charge on any atom is -0.493 e. The van der Waals surface area contributed by atoms with Crippen LogP contribution in [-0.2, 0) is 4.79 Å². The van der Waals surface area contributed by atoms with Crippen LogP contribution >= 0.6 is 0 Å². The van der Waals surface area contributed by atoms with Gasteiger partial charge in [0.15, 0.2) is 11.5 Å². The van der Waals surface area contributed by atoms with E-state index < -0.39 is 0 Å². The maximum Gasteiger partial charge on any atom is 0.251 e. The Bertz CT molecular complexity index is 887. The standard InChI is InChI=1S/C24H28N2O4/c1-29-21-10-9-20(16-22(21)30-2)24(28)25-17-19-12-14-26(15-13-19)23(27)11-8-18-6-4-3-5-7-18/h3-11,16,19H,12-15,17H2,1-2H3,(H,25,28)/b11-8+. The van der Waals surface area contributed by atoms with Crippen molar-refractivity contribution in [2.45, 2.75) is 12.8 Å². The quantitative estimate of drug-likeness (QED) is 0.713. The minimum atomic E-state index is -0.139. The number of rotatable bonds is 7. The second kappa shape index (κ2) is 10.5. The molecule has 0 aromatic heterocycles. The maximum absolute atomic E-state index is 12.5. The lowest BCUT2D eigenvalue weighted by molar-refractivity contribution is -0.127. The van der Waals surface area contributed by atoms with E-state index in [2.05, 4.69) is 5.32 Å². The summed E-state index contributed by atoms with van der Waals surface area (Å²) < 4.78 is 10.5. The van der Waals surface area contributed by atoms with Crippen LogP contribution in [0.4, 0.5) is 0 Å². The molecule has 3 rings (SSSR count). The average Bonchev–Trinajstić information content (AvgIpc) is 2.81. The van der Waals surface area contributed by atoms with Crippen LogP contribution in [0.2, 0.25) is 0 Å². The van der Waals surface area contributed by atoms with E-state index in [0.717, 1.165) is 18.4 Å². The number of likely N-dealkylation sites (tertiary alicyclic amines) is 1. The van der Waals surface area contributed by atoms with Crippen LogP contribution in [0.15, 0.2) is 54.6 Å². The number of nitrogens with one attached hydrogen (secondary N) is 1. The molecule has 30 heavy (non-hydrogen) atoms. The van der Waals surface area contributed by atoms with E-state index in [1.807, 2.05) is 41.3 Å². The van der Waals surface area contributed by atoms with Crippen molar-refractivity contribution in [3.8, 4) is 11.5 Å². The topological polar surface area (TPSA) is 67.9 Å². The Balaban J connectivity index is 1.45. The third kappa shape index (κ3) is 5.63. The molecule has 6 heteroatoms. The molecule has 2 amide bonds. The Hall–Kier alpha value is -3.28. The highest BCUT2D eigenvalue weighted by molar-refractivity contribution is 5.95. The number of carbonyl (C=O) groups excluding carboxylic acids is 2. The summed E-state index contributed by atoms with van der Waals surface area (Å²) >= 11 is 0. The van der Waals surface area contributed by atoms with Crippen molar-refractivity contribution in [2.24, 2.45) is 5.92 Å². The van der Waals surface area contributed by atoms with Gasteiger partial charge in [-0.3, -0.25) is 9.59 Å². The van der Waals surface area contributed by atoms with Crippen molar-refractivity contribution in [1.29, 1.82) is 0 Å². The fourth-order valence-corrected chi connectivity index (χ4v) is 3.51. The highest BCUT2D eigenvalue weighted by atomic mass is 16.5. The predicted octanol–water partition coefficient (Wildman–Crippen LogP) is 3.39. The number of nitrogens with zero attached hydrogens (tertiary/aromatic N) is 1. The number of piperidine rings is 1. The molecule has 1 aliphatic heterocycles. The first-order valence-corrected chi connectivity index (χ1v) is 10.1. The molecule has 1 saturated heterocycles. The molecule has 2 aromatic carbocycles. The van der Waals surface area contributed by atoms with Crippen LogP contribution in [0.1, 0.15) is 28.8 Å². The molecule has 0 spiro atoms. The number of hydrogen-bond donors (Lipinski definition) is 1. The fourth-order valence-electron chi connectivity index (χ4n) is 3.51. The number of ether oxygens (including phenoxy) is 2. The Morgan fingerprint density at radius 1 is 1.03 bits per heavy atom. The summed E-state index contributed by atoms with van der Waals surface area (Å²) in [7, 11) is 3.11. The molecule has 6 nitrogen and oxygen atoms in total. The molecular weight excluding hydrogens is 380 g/mol. The molecule has 1 fully saturated rings. The number of hydrogen-bond acceptors (Lipinski definition) is 4. The van der Waals surface area contributed by atoms with E-state index in [9.17, 15) is 9.59 Å². The lowest BCUT2D eigenvalue weighted by Gasteiger charge is -2.31. The number of carbonyl (C=O) groups is 2. The van der Waals surface area contributed by atoms with Crippen molar-refractivity contribution in [1.82, 2.24) is 10.2 Å². The van der Waals surface area contributed by atoms with Gasteiger partial charge < -0.3 is 19.7 Å². The smallest absolute Gasteiger partial charge is 0.251 e. The number of benzene rings is 2. The molecule has 1 aliphatic rings.